The number of hydrogen-bond donors (Lipinski definition) is 0. The summed E-state index contributed by atoms with van der Waals surface area (Å²) in [5.74, 6) is -12.5. The van der Waals surface area contributed by atoms with Gasteiger partial charge in [0.2, 0.25) is 0 Å². The molecular weight excluding hydrogens is 537 g/mol. The first-order valence-electron chi connectivity index (χ1n) is 11.3. The second-order valence-electron chi connectivity index (χ2n) is 8.35. The van der Waals surface area contributed by atoms with Crippen molar-refractivity contribution >= 4 is 16.9 Å². The minimum absolute atomic E-state index is 0.337. The number of rotatable bonds is 10. The smallest absolute Gasteiger partial charge is 0.459 e. The van der Waals surface area contributed by atoms with Gasteiger partial charge in [0.1, 0.15) is 5.75 Å². The normalized spacial score (nSPS) is 12.5. The monoisotopic (exact) mass is 561 g/mol. The molecule has 11 heteroatoms. The first-order chi connectivity index (χ1) is 17.7. The average Bonchev–Trinajstić information content (AvgIpc) is 2.84. The van der Waals surface area contributed by atoms with Crippen LogP contribution in [0.4, 0.5) is 30.7 Å². The molecule has 0 bridgehead atoms. The lowest BCUT2D eigenvalue weighted by atomic mass is 10.1. The second kappa shape index (κ2) is 11.7. The third kappa shape index (κ3) is 6.61. The van der Waals surface area contributed by atoms with Gasteiger partial charge in [-0.25, -0.2) is 4.79 Å². The van der Waals surface area contributed by atoms with Crippen LogP contribution in [0, 0.1) is 13.8 Å². The maximum absolute atomic E-state index is 13.4. The highest BCUT2D eigenvalue weighted by molar-refractivity contribution is 7.97. The van der Waals surface area contributed by atoms with Crippen molar-refractivity contribution in [3.63, 3.8) is 0 Å². The zero-order chi connectivity index (χ0) is 28.1. The fraction of sp³-hybridized carbons (Fsp3) is 0.296. The molecule has 0 aliphatic carbocycles. The molecular formula is C27H24F7O3S+. The highest BCUT2D eigenvalue weighted by atomic mass is 32.2. The lowest BCUT2D eigenvalue weighted by molar-refractivity contribution is -0.356. The highest BCUT2D eigenvalue weighted by Gasteiger charge is 2.72. The summed E-state index contributed by atoms with van der Waals surface area (Å²) in [4.78, 5) is 15.1. The van der Waals surface area contributed by atoms with Crippen LogP contribution in [-0.2, 0) is 20.4 Å². The Morgan fingerprint density at radius 3 is 1.68 bits per heavy atom. The summed E-state index contributed by atoms with van der Waals surface area (Å²) in [6.45, 7) is 1.43. The van der Waals surface area contributed by atoms with Crippen LogP contribution >= 0.6 is 0 Å². The summed E-state index contributed by atoms with van der Waals surface area (Å²) in [7, 11) is -0.443. The summed E-state index contributed by atoms with van der Waals surface area (Å²) in [6.07, 6.45) is -8.44. The van der Waals surface area contributed by atoms with E-state index < -0.39 is 54.5 Å². The van der Waals surface area contributed by atoms with Gasteiger partial charge in [0.25, 0.3) is 0 Å². The van der Waals surface area contributed by atoms with Crippen molar-refractivity contribution < 1.29 is 45.0 Å². The summed E-state index contributed by atoms with van der Waals surface area (Å²) in [6, 6.07) is 23.5. The molecule has 0 heterocycles. The van der Waals surface area contributed by atoms with Gasteiger partial charge in [0.15, 0.2) is 21.3 Å². The number of ether oxygens (including phenoxy) is 2. The van der Waals surface area contributed by atoms with Crippen molar-refractivity contribution in [3.8, 4) is 5.75 Å². The van der Waals surface area contributed by atoms with Gasteiger partial charge in [0, 0.05) is 12.1 Å². The summed E-state index contributed by atoms with van der Waals surface area (Å²) in [5, 5.41) is 0. The number of aryl methyl sites for hydroxylation is 2. The molecule has 0 saturated carbocycles. The minimum Gasteiger partial charge on any atom is -0.481 e. The van der Waals surface area contributed by atoms with Crippen LogP contribution in [0.25, 0.3) is 0 Å². The number of alkyl halides is 7. The highest BCUT2D eigenvalue weighted by Crippen LogP contribution is 2.48. The van der Waals surface area contributed by atoms with Gasteiger partial charge in [-0.2, -0.15) is 30.7 Å². The van der Waals surface area contributed by atoms with E-state index in [4.69, 9.17) is 4.74 Å². The van der Waals surface area contributed by atoms with Crippen molar-refractivity contribution in [3.05, 3.63) is 83.9 Å². The van der Waals surface area contributed by atoms with Gasteiger partial charge in [0.05, 0.1) is 23.9 Å². The Bertz CT molecular complexity index is 1170. The van der Waals surface area contributed by atoms with Gasteiger partial charge in [-0.05, 0) is 49.2 Å². The summed E-state index contributed by atoms with van der Waals surface area (Å²) >= 11 is 0. The average molecular weight is 562 g/mol. The summed E-state index contributed by atoms with van der Waals surface area (Å²) in [5.41, 5.74) is 1.35. The summed E-state index contributed by atoms with van der Waals surface area (Å²) < 4.78 is 99.2. The molecule has 0 aromatic heterocycles. The molecule has 3 aromatic rings. The maximum atomic E-state index is 13.4. The van der Waals surface area contributed by atoms with E-state index in [2.05, 4.69) is 4.74 Å². The van der Waals surface area contributed by atoms with E-state index in [1.165, 1.54) is 0 Å². The Hall–Kier alpha value is -3.21. The predicted octanol–water partition coefficient (Wildman–Crippen LogP) is 7.54. The topological polar surface area (TPSA) is 35.5 Å². The quantitative estimate of drug-likeness (QED) is 0.146. The Balaban J connectivity index is 1.69. The largest absolute Gasteiger partial charge is 0.481 e. The number of benzene rings is 3. The standard InChI is InChI=1S/C27H24F7O3S/c1-18-15-22(38(20-9-5-3-6-10-20)21-11-7-4-8-12-21)16-19(2)24(18)37-17-23(35)36-14-13-25(28,29)26(30,31)27(32,33)34/h3-12,15-16H,13-14,17H2,1-2H3/q+1. The van der Waals surface area contributed by atoms with Crippen molar-refractivity contribution in [2.24, 2.45) is 0 Å². The fourth-order valence-electron chi connectivity index (χ4n) is 3.61. The zero-order valence-corrected chi connectivity index (χ0v) is 21.1. The van der Waals surface area contributed by atoms with Gasteiger partial charge in [-0.15, -0.1) is 0 Å². The molecule has 3 rings (SSSR count). The van der Waals surface area contributed by atoms with Crippen molar-refractivity contribution in [1.29, 1.82) is 0 Å². The van der Waals surface area contributed by atoms with Crippen LogP contribution in [0.5, 0.6) is 5.75 Å². The van der Waals surface area contributed by atoms with Crippen LogP contribution in [0.15, 0.2) is 87.5 Å². The van der Waals surface area contributed by atoms with E-state index in [-0.39, 0.29) is 0 Å². The Labute approximate surface area is 217 Å². The molecule has 0 radical (unpaired) electrons. The number of esters is 1. The van der Waals surface area contributed by atoms with Crippen LogP contribution in [-0.4, -0.2) is 37.2 Å². The molecule has 0 aliphatic heterocycles. The van der Waals surface area contributed by atoms with Crippen molar-refractivity contribution in [2.45, 2.75) is 53.0 Å². The molecule has 204 valence electrons. The van der Waals surface area contributed by atoms with Crippen LogP contribution < -0.4 is 4.74 Å². The van der Waals surface area contributed by atoms with Gasteiger partial charge in [-0.1, -0.05) is 36.4 Å². The molecule has 0 unspecified atom stereocenters. The van der Waals surface area contributed by atoms with Crippen LogP contribution in [0.3, 0.4) is 0 Å². The Kier molecular flexibility index (Phi) is 9.01. The fourth-order valence-corrected chi connectivity index (χ4v) is 5.87. The Morgan fingerprint density at radius 2 is 1.24 bits per heavy atom. The lowest BCUT2D eigenvalue weighted by Crippen LogP contribution is -2.52. The molecule has 0 fully saturated rings. The van der Waals surface area contributed by atoms with E-state index in [1.54, 1.807) is 13.8 Å². The number of carbonyl (C=O) groups excluding carboxylic acids is 1. The molecule has 0 amide bonds. The molecule has 38 heavy (non-hydrogen) atoms. The SMILES string of the molecule is Cc1cc([S+](c2ccccc2)c2ccccc2)cc(C)c1OCC(=O)OCCC(F)(F)C(F)(F)C(F)(F)F. The van der Waals surface area contributed by atoms with Crippen molar-refractivity contribution in [1.82, 2.24) is 0 Å². The second-order valence-corrected chi connectivity index (χ2v) is 10.4. The van der Waals surface area contributed by atoms with E-state index in [9.17, 15) is 35.5 Å². The molecule has 0 aliphatic rings. The van der Waals surface area contributed by atoms with Gasteiger partial charge < -0.3 is 9.47 Å². The minimum atomic E-state index is -6.44. The molecule has 0 spiro atoms. The third-order valence-electron chi connectivity index (χ3n) is 5.46. The maximum Gasteiger partial charge on any atom is 0.459 e. The third-order valence-corrected chi connectivity index (χ3v) is 7.65. The van der Waals surface area contributed by atoms with Gasteiger partial charge in [-0.3, -0.25) is 0 Å². The van der Waals surface area contributed by atoms with Crippen LogP contribution in [0.1, 0.15) is 17.5 Å². The lowest BCUT2D eigenvalue weighted by Gasteiger charge is -2.27. The predicted molar refractivity (Wildman–Crippen MR) is 128 cm³/mol. The number of halogens is 7. The first-order valence-corrected chi connectivity index (χ1v) is 12.5. The zero-order valence-electron chi connectivity index (χ0n) is 20.3. The van der Waals surface area contributed by atoms with E-state index in [0.717, 1.165) is 14.7 Å². The number of hydrogen-bond acceptors (Lipinski definition) is 3. The first kappa shape index (κ1) is 29.3. The molecule has 3 aromatic carbocycles. The Morgan fingerprint density at radius 1 is 0.763 bits per heavy atom. The van der Waals surface area contributed by atoms with Crippen molar-refractivity contribution in [2.75, 3.05) is 13.2 Å². The molecule has 0 N–H and O–H groups in total. The van der Waals surface area contributed by atoms with E-state index in [0.29, 0.717) is 16.9 Å². The number of carbonyl (C=O) groups is 1. The molecule has 0 atom stereocenters. The van der Waals surface area contributed by atoms with E-state index >= 15 is 0 Å². The van der Waals surface area contributed by atoms with E-state index in [1.807, 2.05) is 72.8 Å². The molecule has 3 nitrogen and oxygen atoms in total. The van der Waals surface area contributed by atoms with Gasteiger partial charge >= 0.3 is 24.0 Å². The van der Waals surface area contributed by atoms with Crippen LogP contribution in [0.2, 0.25) is 0 Å². The molecule has 0 saturated heterocycles.